The van der Waals surface area contributed by atoms with Crippen molar-refractivity contribution in [2.75, 3.05) is 25.2 Å². The smallest absolute Gasteiger partial charge is 0.355 e. The zero-order valence-corrected chi connectivity index (χ0v) is 18.7. The minimum absolute atomic E-state index is 0.312. The van der Waals surface area contributed by atoms with Gasteiger partial charge in [0.25, 0.3) is 0 Å². The molecule has 0 atom stereocenters. The van der Waals surface area contributed by atoms with Gasteiger partial charge in [0.15, 0.2) is 0 Å². The molecule has 28 heavy (non-hydrogen) atoms. The SMILES string of the molecule is CCOC(=O)c1c(-c2ccc(SCCNS(C)(=O)=O)cc2)c(C)c(CC)n1C. The van der Waals surface area contributed by atoms with Crippen LogP contribution in [0.15, 0.2) is 29.2 Å². The summed E-state index contributed by atoms with van der Waals surface area (Å²) >= 11 is 1.58. The summed E-state index contributed by atoms with van der Waals surface area (Å²) in [6, 6.07) is 7.98. The first-order valence-corrected chi connectivity index (χ1v) is 12.1. The molecule has 2 aromatic rings. The maximum Gasteiger partial charge on any atom is 0.355 e. The second kappa shape index (κ2) is 9.62. The summed E-state index contributed by atoms with van der Waals surface area (Å²) in [5, 5.41) is 0. The van der Waals surface area contributed by atoms with E-state index in [0.717, 1.165) is 40.0 Å². The molecule has 0 amide bonds. The molecule has 0 saturated carbocycles. The molecule has 0 unspecified atom stereocenters. The average molecular weight is 425 g/mol. The van der Waals surface area contributed by atoms with E-state index < -0.39 is 10.0 Å². The molecule has 0 aliphatic carbocycles. The number of benzene rings is 1. The van der Waals surface area contributed by atoms with E-state index in [1.165, 1.54) is 0 Å². The Labute approximate surface area is 171 Å². The number of carbonyl (C=O) groups is 1. The zero-order valence-electron chi connectivity index (χ0n) is 17.0. The van der Waals surface area contributed by atoms with Crippen molar-refractivity contribution in [2.45, 2.75) is 32.1 Å². The van der Waals surface area contributed by atoms with Crippen LogP contribution in [0, 0.1) is 6.92 Å². The Morgan fingerprint density at radius 2 is 1.86 bits per heavy atom. The topological polar surface area (TPSA) is 77.4 Å². The molecule has 0 radical (unpaired) electrons. The Balaban J connectivity index is 2.26. The first-order valence-electron chi connectivity index (χ1n) is 9.22. The summed E-state index contributed by atoms with van der Waals surface area (Å²) in [5.41, 5.74) is 4.66. The molecule has 1 aromatic heterocycles. The van der Waals surface area contributed by atoms with Crippen molar-refractivity contribution >= 4 is 27.8 Å². The van der Waals surface area contributed by atoms with E-state index >= 15 is 0 Å². The van der Waals surface area contributed by atoms with Crippen LogP contribution >= 0.6 is 11.8 Å². The zero-order chi connectivity index (χ0) is 20.9. The van der Waals surface area contributed by atoms with Gasteiger partial charge in [-0.15, -0.1) is 11.8 Å². The molecule has 0 saturated heterocycles. The third-order valence-electron chi connectivity index (χ3n) is 4.47. The highest BCUT2D eigenvalue weighted by Crippen LogP contribution is 2.34. The van der Waals surface area contributed by atoms with E-state index in [1.807, 2.05) is 42.8 Å². The molecule has 0 bridgehead atoms. The molecule has 154 valence electrons. The fourth-order valence-corrected chi connectivity index (χ4v) is 4.65. The summed E-state index contributed by atoms with van der Waals surface area (Å²) in [6.45, 7) is 6.64. The molecular weight excluding hydrogens is 396 g/mol. The van der Waals surface area contributed by atoms with Gasteiger partial charge in [-0.2, -0.15) is 0 Å². The van der Waals surface area contributed by atoms with E-state index in [1.54, 1.807) is 18.7 Å². The number of carbonyl (C=O) groups excluding carboxylic acids is 1. The number of nitrogens with zero attached hydrogens (tertiary/aromatic N) is 1. The highest BCUT2D eigenvalue weighted by molar-refractivity contribution is 7.99. The lowest BCUT2D eigenvalue weighted by molar-refractivity contribution is 0.0516. The largest absolute Gasteiger partial charge is 0.461 e. The van der Waals surface area contributed by atoms with Gasteiger partial charge in [0.1, 0.15) is 5.69 Å². The van der Waals surface area contributed by atoms with Crippen molar-refractivity contribution in [1.29, 1.82) is 0 Å². The average Bonchev–Trinajstić information content (AvgIpc) is 2.88. The van der Waals surface area contributed by atoms with E-state index in [9.17, 15) is 13.2 Å². The maximum atomic E-state index is 12.6. The van der Waals surface area contributed by atoms with Gasteiger partial charge in [-0.05, 0) is 43.5 Å². The maximum absolute atomic E-state index is 12.6. The van der Waals surface area contributed by atoms with Crippen LogP contribution in [-0.2, 0) is 28.2 Å². The van der Waals surface area contributed by atoms with Crippen molar-refractivity contribution in [3.63, 3.8) is 0 Å². The summed E-state index contributed by atoms with van der Waals surface area (Å²) in [4.78, 5) is 13.6. The number of rotatable bonds is 9. The summed E-state index contributed by atoms with van der Waals surface area (Å²) in [7, 11) is -1.25. The van der Waals surface area contributed by atoms with Gasteiger partial charge in [-0.1, -0.05) is 19.1 Å². The fourth-order valence-electron chi connectivity index (χ4n) is 3.28. The lowest BCUT2D eigenvalue weighted by Crippen LogP contribution is -2.24. The van der Waals surface area contributed by atoms with Crippen molar-refractivity contribution in [2.24, 2.45) is 7.05 Å². The standard InChI is InChI=1S/C20H28N2O4S2/c1-6-17-14(3)18(19(22(17)4)20(23)26-7-2)15-8-10-16(11-9-15)27-13-12-21-28(5,24)25/h8-11,21H,6-7,12-13H2,1-5H3. The number of esters is 1. The number of hydrogen-bond acceptors (Lipinski definition) is 5. The van der Waals surface area contributed by atoms with Gasteiger partial charge in [0.05, 0.1) is 12.9 Å². The summed E-state index contributed by atoms with van der Waals surface area (Å²) < 4.78 is 31.9. The second-order valence-corrected chi connectivity index (χ2v) is 9.47. The Bertz CT molecular complexity index is 932. The number of hydrogen-bond donors (Lipinski definition) is 1. The van der Waals surface area contributed by atoms with Crippen LogP contribution in [0.1, 0.15) is 35.6 Å². The van der Waals surface area contributed by atoms with Gasteiger partial charge >= 0.3 is 5.97 Å². The molecule has 2 rings (SSSR count). The number of sulfonamides is 1. The van der Waals surface area contributed by atoms with Gasteiger partial charge in [-0.3, -0.25) is 0 Å². The van der Waals surface area contributed by atoms with E-state index in [0.29, 0.717) is 24.6 Å². The van der Waals surface area contributed by atoms with Gasteiger partial charge < -0.3 is 9.30 Å². The van der Waals surface area contributed by atoms with Gasteiger partial charge in [-0.25, -0.2) is 17.9 Å². The Kier molecular flexibility index (Phi) is 7.74. The third-order valence-corrected chi connectivity index (χ3v) is 6.21. The van der Waals surface area contributed by atoms with Crippen LogP contribution in [0.5, 0.6) is 0 Å². The molecule has 6 nitrogen and oxygen atoms in total. The number of nitrogens with one attached hydrogen (secondary N) is 1. The molecule has 1 heterocycles. The molecule has 0 spiro atoms. The fraction of sp³-hybridized carbons (Fsp3) is 0.450. The van der Waals surface area contributed by atoms with Gasteiger partial charge in [0, 0.05) is 35.5 Å². The molecule has 0 aliphatic heterocycles. The van der Waals surface area contributed by atoms with Crippen LogP contribution < -0.4 is 4.72 Å². The first-order chi connectivity index (χ1) is 13.2. The molecule has 1 N–H and O–H groups in total. The van der Waals surface area contributed by atoms with Crippen molar-refractivity contribution in [1.82, 2.24) is 9.29 Å². The second-order valence-electron chi connectivity index (χ2n) is 6.47. The van der Waals surface area contributed by atoms with E-state index in [4.69, 9.17) is 4.74 Å². The highest BCUT2D eigenvalue weighted by Gasteiger charge is 2.24. The minimum Gasteiger partial charge on any atom is -0.461 e. The third kappa shape index (κ3) is 5.40. The molecular formula is C20H28N2O4S2. The van der Waals surface area contributed by atoms with Crippen molar-refractivity contribution in [3.8, 4) is 11.1 Å². The monoisotopic (exact) mass is 424 g/mol. The predicted octanol–water partition coefficient (Wildman–Crippen LogP) is 3.38. The van der Waals surface area contributed by atoms with Crippen LogP contribution in [0.3, 0.4) is 0 Å². The molecule has 0 aliphatic rings. The number of ether oxygens (including phenoxy) is 1. The Hall–Kier alpha value is -1.77. The lowest BCUT2D eigenvalue weighted by atomic mass is 10.0. The van der Waals surface area contributed by atoms with Crippen molar-refractivity contribution in [3.05, 3.63) is 41.2 Å². The van der Waals surface area contributed by atoms with Gasteiger partial charge in [0.2, 0.25) is 10.0 Å². The Morgan fingerprint density at radius 3 is 2.39 bits per heavy atom. The summed E-state index contributed by atoms with van der Waals surface area (Å²) in [6.07, 6.45) is 1.98. The van der Waals surface area contributed by atoms with E-state index in [2.05, 4.69) is 11.6 Å². The van der Waals surface area contributed by atoms with E-state index in [-0.39, 0.29) is 5.97 Å². The predicted molar refractivity (Wildman–Crippen MR) is 114 cm³/mol. The molecule has 0 fully saturated rings. The van der Waals surface area contributed by atoms with Crippen molar-refractivity contribution < 1.29 is 17.9 Å². The highest BCUT2D eigenvalue weighted by atomic mass is 32.2. The van der Waals surface area contributed by atoms with Crippen LogP contribution in [0.25, 0.3) is 11.1 Å². The Morgan fingerprint density at radius 1 is 1.21 bits per heavy atom. The summed E-state index contributed by atoms with van der Waals surface area (Å²) in [5.74, 6) is 0.332. The first kappa shape index (κ1) is 22.5. The molecule has 1 aromatic carbocycles. The number of thioether (sulfide) groups is 1. The molecule has 8 heteroatoms. The van der Waals surface area contributed by atoms with Crippen LogP contribution in [-0.4, -0.2) is 44.1 Å². The normalized spacial score (nSPS) is 11.6. The minimum atomic E-state index is -3.16. The van der Waals surface area contributed by atoms with Crippen LogP contribution in [0.4, 0.5) is 0 Å². The number of aromatic nitrogens is 1. The van der Waals surface area contributed by atoms with Crippen LogP contribution in [0.2, 0.25) is 0 Å². The lowest BCUT2D eigenvalue weighted by Gasteiger charge is -2.09. The quantitative estimate of drug-likeness (QED) is 0.379.